The van der Waals surface area contributed by atoms with Gasteiger partial charge in [0.15, 0.2) is 5.54 Å². The van der Waals surface area contributed by atoms with Crippen molar-refractivity contribution in [3.8, 4) is 0 Å². The van der Waals surface area contributed by atoms with Crippen molar-refractivity contribution in [2.45, 2.75) is 38.1 Å². The molecule has 0 aliphatic carbocycles. The van der Waals surface area contributed by atoms with Crippen molar-refractivity contribution in [1.82, 2.24) is 0 Å². The first-order chi connectivity index (χ1) is 10.1. The lowest BCUT2D eigenvalue weighted by atomic mass is 9.77. The van der Waals surface area contributed by atoms with Crippen molar-refractivity contribution < 1.29 is 24.3 Å². The highest BCUT2D eigenvalue weighted by molar-refractivity contribution is 5.80. The molecule has 0 rings (SSSR count). The summed E-state index contributed by atoms with van der Waals surface area (Å²) in [5.41, 5.74) is -1.73. The SMILES string of the molecule is CCCC(CCN=C=O)C(CCN=C=O)(N=C=O)C(=O)O. The maximum Gasteiger partial charge on any atom is 0.332 e. The Morgan fingerprint density at radius 2 is 1.71 bits per heavy atom. The fourth-order valence-electron chi connectivity index (χ4n) is 2.27. The highest BCUT2D eigenvalue weighted by Crippen LogP contribution is 2.33. The van der Waals surface area contributed by atoms with Gasteiger partial charge in [-0.1, -0.05) is 13.3 Å². The first-order valence-electron chi connectivity index (χ1n) is 6.48. The molecule has 0 fully saturated rings. The highest BCUT2D eigenvalue weighted by atomic mass is 16.4. The van der Waals surface area contributed by atoms with Gasteiger partial charge < -0.3 is 5.11 Å². The Morgan fingerprint density at radius 3 is 2.19 bits per heavy atom. The third-order valence-electron chi connectivity index (χ3n) is 3.25. The van der Waals surface area contributed by atoms with E-state index in [-0.39, 0.29) is 25.9 Å². The van der Waals surface area contributed by atoms with Gasteiger partial charge in [0.25, 0.3) is 0 Å². The fourth-order valence-corrected chi connectivity index (χ4v) is 2.27. The van der Waals surface area contributed by atoms with Gasteiger partial charge in [-0.3, -0.25) is 0 Å². The van der Waals surface area contributed by atoms with Crippen LogP contribution in [0, 0.1) is 5.92 Å². The number of carbonyl (C=O) groups excluding carboxylic acids is 3. The minimum absolute atomic E-state index is 0.0918. The molecule has 114 valence electrons. The molecule has 0 aromatic heterocycles. The average Bonchev–Trinajstić information content (AvgIpc) is 2.45. The molecule has 0 saturated heterocycles. The molecule has 0 radical (unpaired) electrons. The maximum absolute atomic E-state index is 11.6. The second kappa shape index (κ2) is 10.4. The molecule has 1 N–H and O–H groups in total. The number of rotatable bonds is 11. The number of nitrogens with zero attached hydrogens (tertiary/aromatic N) is 3. The summed E-state index contributed by atoms with van der Waals surface area (Å²) in [6.07, 6.45) is 5.25. The van der Waals surface area contributed by atoms with Crippen molar-refractivity contribution in [2.24, 2.45) is 20.9 Å². The van der Waals surface area contributed by atoms with Crippen LogP contribution in [0.15, 0.2) is 15.0 Å². The maximum atomic E-state index is 11.6. The smallest absolute Gasteiger partial charge is 0.332 e. The predicted octanol–water partition coefficient (Wildman–Crippen LogP) is 1.01. The Labute approximate surface area is 121 Å². The van der Waals surface area contributed by atoms with Crippen LogP contribution < -0.4 is 0 Å². The third kappa shape index (κ3) is 5.63. The molecule has 0 aromatic carbocycles. The third-order valence-corrected chi connectivity index (χ3v) is 3.25. The van der Waals surface area contributed by atoms with Gasteiger partial charge in [0.1, 0.15) is 0 Å². The largest absolute Gasteiger partial charge is 0.479 e. The number of carboxylic acids is 1. The van der Waals surface area contributed by atoms with Crippen LogP contribution in [0.3, 0.4) is 0 Å². The fraction of sp³-hybridized carbons (Fsp3) is 0.692. The summed E-state index contributed by atoms with van der Waals surface area (Å²) in [7, 11) is 0. The number of hydrogen-bond donors (Lipinski definition) is 1. The second-order valence-corrected chi connectivity index (χ2v) is 4.40. The number of isocyanates is 3. The molecule has 0 spiro atoms. The summed E-state index contributed by atoms with van der Waals surface area (Å²) in [6, 6.07) is 0. The van der Waals surface area contributed by atoms with E-state index in [1.165, 1.54) is 18.2 Å². The van der Waals surface area contributed by atoms with Gasteiger partial charge in [0.05, 0.1) is 13.1 Å². The van der Waals surface area contributed by atoms with Crippen molar-refractivity contribution in [3.63, 3.8) is 0 Å². The van der Waals surface area contributed by atoms with Gasteiger partial charge in [0.2, 0.25) is 18.2 Å². The first kappa shape index (κ1) is 18.6. The van der Waals surface area contributed by atoms with Crippen LogP contribution in [-0.2, 0) is 19.2 Å². The Bertz CT molecular complexity index is 484. The van der Waals surface area contributed by atoms with Gasteiger partial charge in [-0.25, -0.2) is 29.2 Å². The molecule has 21 heavy (non-hydrogen) atoms. The monoisotopic (exact) mass is 295 g/mol. The summed E-state index contributed by atoms with van der Waals surface area (Å²) in [5, 5.41) is 9.49. The molecule has 0 aliphatic rings. The summed E-state index contributed by atoms with van der Waals surface area (Å²) in [4.78, 5) is 52.7. The number of aliphatic imine (C=N–C) groups is 3. The van der Waals surface area contributed by atoms with E-state index in [1.807, 2.05) is 6.92 Å². The molecule has 2 atom stereocenters. The molecule has 0 bridgehead atoms. The molecule has 2 unspecified atom stereocenters. The molecule has 8 nitrogen and oxygen atoms in total. The van der Waals surface area contributed by atoms with Crippen LogP contribution in [0.25, 0.3) is 0 Å². The van der Waals surface area contributed by atoms with E-state index in [9.17, 15) is 24.3 Å². The van der Waals surface area contributed by atoms with E-state index >= 15 is 0 Å². The lowest BCUT2D eigenvalue weighted by Crippen LogP contribution is -2.45. The predicted molar refractivity (Wildman–Crippen MR) is 72.1 cm³/mol. The van der Waals surface area contributed by atoms with Gasteiger partial charge in [0, 0.05) is 6.42 Å². The molecule has 0 aliphatic heterocycles. The normalized spacial score (nSPS) is 13.8. The Hall–Kier alpha value is -2.39. The number of hydrogen-bond acceptors (Lipinski definition) is 7. The Morgan fingerprint density at radius 1 is 1.10 bits per heavy atom. The van der Waals surface area contributed by atoms with Crippen LogP contribution in [0.4, 0.5) is 0 Å². The molecule has 0 saturated carbocycles. The van der Waals surface area contributed by atoms with Crippen LogP contribution >= 0.6 is 0 Å². The van der Waals surface area contributed by atoms with E-state index < -0.39 is 17.4 Å². The topological polar surface area (TPSA) is 126 Å². The Kier molecular flexibility index (Phi) is 9.22. The number of carboxylic acid groups (broad SMARTS) is 1. The van der Waals surface area contributed by atoms with E-state index in [1.54, 1.807) is 0 Å². The zero-order valence-corrected chi connectivity index (χ0v) is 11.7. The lowest BCUT2D eigenvalue weighted by molar-refractivity contribution is -0.146. The Balaban J connectivity index is 5.50. The second-order valence-electron chi connectivity index (χ2n) is 4.40. The van der Waals surface area contributed by atoms with Crippen LogP contribution in [-0.4, -0.2) is 47.9 Å². The molecule has 0 amide bonds. The van der Waals surface area contributed by atoms with Crippen molar-refractivity contribution in [3.05, 3.63) is 0 Å². The minimum atomic E-state index is -1.73. The lowest BCUT2D eigenvalue weighted by Gasteiger charge is -2.31. The van der Waals surface area contributed by atoms with Crippen molar-refractivity contribution in [2.75, 3.05) is 13.1 Å². The van der Waals surface area contributed by atoms with Gasteiger partial charge in [-0.2, -0.15) is 4.99 Å². The molecule has 8 heteroatoms. The van der Waals surface area contributed by atoms with Crippen LogP contribution in [0.2, 0.25) is 0 Å². The molecular formula is C13H17N3O5. The van der Waals surface area contributed by atoms with Crippen molar-refractivity contribution in [1.29, 1.82) is 0 Å². The summed E-state index contributed by atoms with van der Waals surface area (Å²) in [5.74, 6) is -1.82. The van der Waals surface area contributed by atoms with E-state index in [2.05, 4.69) is 15.0 Å². The van der Waals surface area contributed by atoms with Crippen LogP contribution in [0.1, 0.15) is 32.6 Å². The molecule has 0 heterocycles. The zero-order chi connectivity index (χ0) is 16.1. The molecule has 0 aromatic rings. The highest BCUT2D eigenvalue weighted by Gasteiger charge is 2.45. The average molecular weight is 295 g/mol. The zero-order valence-electron chi connectivity index (χ0n) is 11.7. The van der Waals surface area contributed by atoms with Gasteiger partial charge in [-0.15, -0.1) is 0 Å². The van der Waals surface area contributed by atoms with Crippen LogP contribution in [0.5, 0.6) is 0 Å². The van der Waals surface area contributed by atoms with E-state index in [0.29, 0.717) is 12.8 Å². The van der Waals surface area contributed by atoms with E-state index in [4.69, 9.17) is 0 Å². The standard InChI is InChI=1S/C13H17N3O5/c1-2-3-11(4-6-14-8-17)13(12(20)21,16-10-19)5-7-15-9-18/h11H,2-7H2,1H3,(H,20,21). The number of carbonyl (C=O) groups is 1. The number of aliphatic carboxylic acids is 1. The van der Waals surface area contributed by atoms with Gasteiger partial charge >= 0.3 is 5.97 Å². The van der Waals surface area contributed by atoms with E-state index in [0.717, 1.165) is 0 Å². The quantitative estimate of drug-likeness (QED) is 0.449. The summed E-state index contributed by atoms with van der Waals surface area (Å²) < 4.78 is 0. The molecular weight excluding hydrogens is 278 g/mol. The van der Waals surface area contributed by atoms with Gasteiger partial charge in [-0.05, 0) is 18.8 Å². The summed E-state index contributed by atoms with van der Waals surface area (Å²) in [6.45, 7) is 1.84. The van der Waals surface area contributed by atoms with Crippen molar-refractivity contribution >= 4 is 24.2 Å². The summed E-state index contributed by atoms with van der Waals surface area (Å²) >= 11 is 0. The minimum Gasteiger partial charge on any atom is -0.479 e. The first-order valence-corrected chi connectivity index (χ1v) is 6.48.